The number of carbonyl (C=O) groups excluding carboxylic acids is 1. The van der Waals surface area contributed by atoms with Crippen LogP contribution in [0.4, 0.5) is 36.1 Å². The molecule has 146 valence electrons. The fraction of sp³-hybridized carbons (Fsp3) is 0.0500. The molecule has 2 N–H and O–H groups in total. The molecule has 2 aromatic heterocycles. The normalized spacial score (nSPS) is 11.4. The second-order valence-corrected chi connectivity index (χ2v) is 6.11. The first-order valence-corrected chi connectivity index (χ1v) is 8.43. The predicted molar refractivity (Wildman–Crippen MR) is 102 cm³/mol. The Morgan fingerprint density at radius 2 is 1.69 bits per heavy atom. The van der Waals surface area contributed by atoms with E-state index in [0.717, 1.165) is 6.07 Å². The molecule has 6 nitrogen and oxygen atoms in total. The van der Waals surface area contributed by atoms with Gasteiger partial charge in [-0.1, -0.05) is 0 Å². The van der Waals surface area contributed by atoms with Crippen molar-refractivity contribution in [2.24, 2.45) is 0 Å². The van der Waals surface area contributed by atoms with Crippen molar-refractivity contribution in [3.8, 4) is 0 Å². The SMILES string of the molecule is O=Cc1ccc(Nc2ccc(Nc3ncnc4ccoc34)cc2C(F)(F)F)cc1. The van der Waals surface area contributed by atoms with Crippen LogP contribution in [0, 0.1) is 0 Å². The second-order valence-electron chi connectivity index (χ2n) is 6.11. The van der Waals surface area contributed by atoms with Gasteiger partial charge in [0, 0.05) is 23.0 Å². The molecule has 0 fully saturated rings. The van der Waals surface area contributed by atoms with Crippen molar-refractivity contribution < 1.29 is 22.4 Å². The van der Waals surface area contributed by atoms with E-state index in [0.29, 0.717) is 28.6 Å². The molecular formula is C20H13F3N4O2. The highest BCUT2D eigenvalue weighted by molar-refractivity contribution is 5.85. The second kappa shape index (κ2) is 7.27. The van der Waals surface area contributed by atoms with Crippen molar-refractivity contribution in [3.05, 3.63) is 72.2 Å². The number of aldehydes is 1. The monoisotopic (exact) mass is 398 g/mol. The number of aromatic nitrogens is 2. The number of rotatable bonds is 5. The zero-order chi connectivity index (χ0) is 20.4. The molecule has 0 saturated carbocycles. The fourth-order valence-corrected chi connectivity index (χ4v) is 2.78. The van der Waals surface area contributed by atoms with E-state index in [1.165, 1.54) is 49.0 Å². The summed E-state index contributed by atoms with van der Waals surface area (Å²) >= 11 is 0. The van der Waals surface area contributed by atoms with Gasteiger partial charge in [0.2, 0.25) is 0 Å². The molecule has 0 aliphatic rings. The van der Waals surface area contributed by atoms with Crippen LogP contribution in [0.1, 0.15) is 15.9 Å². The minimum Gasteiger partial charge on any atom is -0.459 e. The average molecular weight is 398 g/mol. The summed E-state index contributed by atoms with van der Waals surface area (Å²) in [5.41, 5.74) is 0.958. The Balaban J connectivity index is 1.67. The molecule has 0 bridgehead atoms. The summed E-state index contributed by atoms with van der Waals surface area (Å²) < 4.78 is 46.2. The zero-order valence-corrected chi connectivity index (χ0v) is 14.7. The topological polar surface area (TPSA) is 80.0 Å². The molecule has 0 atom stereocenters. The zero-order valence-electron chi connectivity index (χ0n) is 14.7. The Morgan fingerprint density at radius 3 is 2.41 bits per heavy atom. The lowest BCUT2D eigenvalue weighted by Gasteiger charge is -2.17. The average Bonchev–Trinajstić information content (AvgIpc) is 3.19. The first-order valence-electron chi connectivity index (χ1n) is 8.43. The number of alkyl halides is 3. The van der Waals surface area contributed by atoms with Crippen molar-refractivity contribution in [1.82, 2.24) is 9.97 Å². The van der Waals surface area contributed by atoms with Crippen LogP contribution >= 0.6 is 0 Å². The van der Waals surface area contributed by atoms with E-state index in [4.69, 9.17) is 4.42 Å². The van der Waals surface area contributed by atoms with Gasteiger partial charge in [0.15, 0.2) is 11.4 Å². The molecular weight excluding hydrogens is 385 g/mol. The molecule has 4 rings (SSSR count). The van der Waals surface area contributed by atoms with Crippen LogP contribution in [0.25, 0.3) is 11.1 Å². The Hall–Kier alpha value is -3.88. The molecule has 0 unspecified atom stereocenters. The van der Waals surface area contributed by atoms with Gasteiger partial charge in [0.05, 0.1) is 17.5 Å². The van der Waals surface area contributed by atoms with Crippen molar-refractivity contribution in [2.75, 3.05) is 10.6 Å². The lowest BCUT2D eigenvalue weighted by Crippen LogP contribution is -2.09. The molecule has 0 saturated heterocycles. The summed E-state index contributed by atoms with van der Waals surface area (Å²) in [6.07, 6.45) is -1.21. The lowest BCUT2D eigenvalue weighted by atomic mass is 10.1. The summed E-state index contributed by atoms with van der Waals surface area (Å²) in [6.45, 7) is 0. The van der Waals surface area contributed by atoms with Gasteiger partial charge in [-0.05, 0) is 42.5 Å². The largest absolute Gasteiger partial charge is 0.459 e. The molecule has 2 aromatic carbocycles. The highest BCUT2D eigenvalue weighted by atomic mass is 19.4. The molecule has 29 heavy (non-hydrogen) atoms. The Labute approximate surface area is 162 Å². The van der Waals surface area contributed by atoms with Gasteiger partial charge in [0.1, 0.15) is 18.1 Å². The molecule has 0 spiro atoms. The predicted octanol–water partition coefficient (Wildman–Crippen LogP) is 5.54. The summed E-state index contributed by atoms with van der Waals surface area (Å²) in [5.74, 6) is 0.262. The van der Waals surface area contributed by atoms with E-state index in [2.05, 4.69) is 20.6 Å². The third kappa shape index (κ3) is 3.88. The Kier molecular flexibility index (Phi) is 4.63. The number of fused-ring (bicyclic) bond motifs is 1. The van der Waals surface area contributed by atoms with E-state index in [9.17, 15) is 18.0 Å². The number of benzene rings is 2. The summed E-state index contributed by atoms with van der Waals surface area (Å²) in [7, 11) is 0. The number of hydrogen-bond donors (Lipinski definition) is 2. The summed E-state index contributed by atoms with van der Waals surface area (Å²) in [4.78, 5) is 18.8. The highest BCUT2D eigenvalue weighted by Crippen LogP contribution is 2.38. The maximum absolute atomic E-state index is 13.6. The van der Waals surface area contributed by atoms with Crippen LogP contribution in [-0.4, -0.2) is 16.3 Å². The molecule has 2 heterocycles. The van der Waals surface area contributed by atoms with Crippen LogP contribution < -0.4 is 10.6 Å². The van der Waals surface area contributed by atoms with Gasteiger partial charge in [-0.15, -0.1) is 0 Å². The van der Waals surface area contributed by atoms with Gasteiger partial charge in [-0.25, -0.2) is 9.97 Å². The third-order valence-electron chi connectivity index (χ3n) is 4.16. The number of nitrogens with zero attached hydrogens (tertiary/aromatic N) is 2. The minimum atomic E-state index is -4.59. The van der Waals surface area contributed by atoms with Crippen LogP contribution in [-0.2, 0) is 6.18 Å². The molecule has 9 heteroatoms. The number of furan rings is 1. The number of halogens is 3. The van der Waals surface area contributed by atoms with Crippen LogP contribution in [0.15, 0.2) is 65.5 Å². The lowest BCUT2D eigenvalue weighted by molar-refractivity contribution is -0.136. The quantitative estimate of drug-likeness (QED) is 0.430. The Bertz CT molecular complexity index is 1170. The number of hydrogen-bond acceptors (Lipinski definition) is 6. The number of nitrogens with one attached hydrogen (secondary N) is 2. The number of anilines is 4. The highest BCUT2D eigenvalue weighted by Gasteiger charge is 2.34. The van der Waals surface area contributed by atoms with Gasteiger partial charge in [-0.3, -0.25) is 4.79 Å². The first kappa shape index (κ1) is 18.5. The maximum atomic E-state index is 13.6. The van der Waals surface area contributed by atoms with Crippen molar-refractivity contribution >= 4 is 40.3 Å². The van der Waals surface area contributed by atoms with E-state index in [1.807, 2.05) is 0 Å². The molecule has 4 aromatic rings. The van der Waals surface area contributed by atoms with Crippen LogP contribution in [0.3, 0.4) is 0 Å². The van der Waals surface area contributed by atoms with Crippen LogP contribution in [0.2, 0.25) is 0 Å². The fourth-order valence-electron chi connectivity index (χ4n) is 2.78. The van der Waals surface area contributed by atoms with Gasteiger partial charge in [0.25, 0.3) is 0 Å². The standard InChI is InChI=1S/C20H13F3N4O2/c21-20(22,23)15-9-14(27-19-18-17(7-8-29-18)24-11-25-19)5-6-16(15)26-13-3-1-12(10-28)2-4-13/h1-11,26H,(H,24,25,27). The molecule has 0 amide bonds. The molecule has 0 radical (unpaired) electrons. The van der Waals surface area contributed by atoms with Crippen LogP contribution in [0.5, 0.6) is 0 Å². The van der Waals surface area contributed by atoms with Crippen molar-refractivity contribution in [2.45, 2.75) is 6.18 Å². The third-order valence-corrected chi connectivity index (χ3v) is 4.16. The summed E-state index contributed by atoms with van der Waals surface area (Å²) in [6, 6.07) is 11.5. The van der Waals surface area contributed by atoms with Crippen molar-refractivity contribution in [3.63, 3.8) is 0 Å². The Morgan fingerprint density at radius 1 is 0.931 bits per heavy atom. The number of carbonyl (C=O) groups is 1. The molecule has 0 aliphatic carbocycles. The van der Waals surface area contributed by atoms with Gasteiger partial charge >= 0.3 is 6.18 Å². The van der Waals surface area contributed by atoms with Gasteiger partial charge in [-0.2, -0.15) is 13.2 Å². The summed E-state index contributed by atoms with van der Waals surface area (Å²) in [5, 5.41) is 5.58. The molecule has 0 aliphatic heterocycles. The smallest absolute Gasteiger partial charge is 0.418 e. The minimum absolute atomic E-state index is 0.118. The van der Waals surface area contributed by atoms with Gasteiger partial charge < -0.3 is 15.1 Å². The van der Waals surface area contributed by atoms with E-state index in [1.54, 1.807) is 6.07 Å². The van der Waals surface area contributed by atoms with E-state index >= 15 is 0 Å². The van der Waals surface area contributed by atoms with Crippen molar-refractivity contribution in [1.29, 1.82) is 0 Å². The first-order chi connectivity index (χ1) is 13.9. The maximum Gasteiger partial charge on any atom is 0.418 e. The van der Waals surface area contributed by atoms with E-state index in [-0.39, 0.29) is 17.2 Å². The van der Waals surface area contributed by atoms with E-state index < -0.39 is 11.7 Å².